The molecule has 3 N–H and O–H groups in total. The highest BCUT2D eigenvalue weighted by Gasteiger charge is 2.51. The maximum Gasteiger partial charge on any atom is 0.416 e. The number of carbonyl (C=O) groups excluding carboxylic acids is 1. The van der Waals surface area contributed by atoms with E-state index < -0.39 is 35.1 Å². The first-order valence-corrected chi connectivity index (χ1v) is 5.83. The SMILES string of the molecule is O=C(O)NC1(C(=O)Nc2cc(F)cc(C(F)(F)F)c2)CC1. The third kappa shape index (κ3) is 3.41. The minimum Gasteiger partial charge on any atom is -0.465 e. The molecule has 2 amide bonds. The summed E-state index contributed by atoms with van der Waals surface area (Å²) >= 11 is 0. The second-order valence-electron chi connectivity index (χ2n) is 4.69. The van der Waals surface area contributed by atoms with Crippen molar-refractivity contribution in [2.45, 2.75) is 24.6 Å². The lowest BCUT2D eigenvalue weighted by Crippen LogP contribution is -2.45. The second kappa shape index (κ2) is 4.90. The van der Waals surface area contributed by atoms with Crippen molar-refractivity contribution < 1.29 is 32.3 Å². The minimum atomic E-state index is -4.75. The normalized spacial score (nSPS) is 16.2. The van der Waals surface area contributed by atoms with Gasteiger partial charge in [0.1, 0.15) is 11.4 Å². The van der Waals surface area contributed by atoms with Crippen molar-refractivity contribution in [3.05, 3.63) is 29.6 Å². The van der Waals surface area contributed by atoms with Gasteiger partial charge in [0, 0.05) is 5.69 Å². The average Bonchev–Trinajstić information content (AvgIpc) is 3.07. The van der Waals surface area contributed by atoms with Crippen molar-refractivity contribution in [3.8, 4) is 0 Å². The molecule has 5 nitrogen and oxygen atoms in total. The molecule has 9 heteroatoms. The Hall–Kier alpha value is -2.32. The molecule has 0 atom stereocenters. The van der Waals surface area contributed by atoms with E-state index in [2.05, 4.69) is 5.32 Å². The van der Waals surface area contributed by atoms with Crippen LogP contribution < -0.4 is 10.6 Å². The smallest absolute Gasteiger partial charge is 0.416 e. The van der Waals surface area contributed by atoms with E-state index in [1.165, 1.54) is 0 Å². The van der Waals surface area contributed by atoms with Gasteiger partial charge in [0.05, 0.1) is 5.56 Å². The van der Waals surface area contributed by atoms with Crippen LogP contribution in [-0.2, 0) is 11.0 Å². The van der Waals surface area contributed by atoms with Gasteiger partial charge in [0.15, 0.2) is 0 Å². The molecule has 2 rings (SSSR count). The Morgan fingerprint density at radius 2 is 1.81 bits per heavy atom. The van der Waals surface area contributed by atoms with Crippen LogP contribution in [0.3, 0.4) is 0 Å². The fourth-order valence-corrected chi connectivity index (χ4v) is 1.81. The molecule has 1 aromatic carbocycles. The number of carbonyl (C=O) groups is 2. The number of amides is 2. The van der Waals surface area contributed by atoms with E-state index in [0.717, 1.165) is 6.07 Å². The van der Waals surface area contributed by atoms with E-state index in [1.807, 2.05) is 5.32 Å². The lowest BCUT2D eigenvalue weighted by Gasteiger charge is -2.16. The van der Waals surface area contributed by atoms with Crippen LogP contribution in [0.5, 0.6) is 0 Å². The molecule has 0 aromatic heterocycles. The van der Waals surface area contributed by atoms with Crippen molar-refractivity contribution >= 4 is 17.7 Å². The Morgan fingerprint density at radius 1 is 1.19 bits per heavy atom. The molecule has 0 radical (unpaired) electrons. The first-order chi connectivity index (χ1) is 9.62. The average molecular weight is 306 g/mol. The molecular formula is C12H10F4N2O3. The van der Waals surface area contributed by atoms with Gasteiger partial charge in [0.25, 0.3) is 0 Å². The van der Waals surface area contributed by atoms with Crippen LogP contribution in [0.4, 0.5) is 28.0 Å². The number of rotatable bonds is 3. The molecule has 1 saturated carbocycles. The molecule has 0 bridgehead atoms. The van der Waals surface area contributed by atoms with Gasteiger partial charge in [-0.15, -0.1) is 0 Å². The van der Waals surface area contributed by atoms with Gasteiger partial charge in [-0.25, -0.2) is 9.18 Å². The molecule has 1 fully saturated rings. The molecule has 0 saturated heterocycles. The number of carboxylic acid groups (broad SMARTS) is 1. The van der Waals surface area contributed by atoms with Crippen molar-refractivity contribution in [1.82, 2.24) is 5.32 Å². The predicted octanol–water partition coefficient (Wildman–Crippen LogP) is 2.58. The van der Waals surface area contributed by atoms with Crippen molar-refractivity contribution in [3.63, 3.8) is 0 Å². The van der Waals surface area contributed by atoms with Gasteiger partial charge < -0.3 is 15.7 Å². The van der Waals surface area contributed by atoms with Gasteiger partial charge in [-0.3, -0.25) is 4.79 Å². The number of anilines is 1. The topological polar surface area (TPSA) is 78.4 Å². The third-order valence-corrected chi connectivity index (χ3v) is 3.01. The van der Waals surface area contributed by atoms with E-state index in [9.17, 15) is 27.2 Å². The van der Waals surface area contributed by atoms with Crippen molar-refractivity contribution in [1.29, 1.82) is 0 Å². The van der Waals surface area contributed by atoms with Gasteiger partial charge in [-0.2, -0.15) is 13.2 Å². The van der Waals surface area contributed by atoms with Crippen LogP contribution >= 0.6 is 0 Å². The first kappa shape index (κ1) is 15.1. The van der Waals surface area contributed by atoms with Crippen LogP contribution in [0.2, 0.25) is 0 Å². The largest absolute Gasteiger partial charge is 0.465 e. The zero-order chi connectivity index (χ0) is 15.8. The summed E-state index contributed by atoms with van der Waals surface area (Å²) < 4.78 is 50.8. The number of benzene rings is 1. The minimum absolute atomic E-state index is 0.229. The Balaban J connectivity index is 2.18. The fourth-order valence-electron chi connectivity index (χ4n) is 1.81. The second-order valence-corrected chi connectivity index (χ2v) is 4.69. The van der Waals surface area contributed by atoms with Gasteiger partial charge in [-0.05, 0) is 31.0 Å². The summed E-state index contributed by atoms with van der Waals surface area (Å²) in [5, 5.41) is 12.7. The summed E-state index contributed by atoms with van der Waals surface area (Å²) in [6.45, 7) is 0. The number of hydrogen-bond donors (Lipinski definition) is 3. The van der Waals surface area contributed by atoms with Crippen LogP contribution in [0.25, 0.3) is 0 Å². The Kier molecular flexibility index (Phi) is 3.52. The number of halogens is 4. The van der Waals surface area contributed by atoms with Gasteiger partial charge >= 0.3 is 12.3 Å². The summed E-state index contributed by atoms with van der Waals surface area (Å²) in [6, 6.07) is 1.61. The summed E-state index contributed by atoms with van der Waals surface area (Å²) in [5.41, 5.74) is -2.98. The van der Waals surface area contributed by atoms with E-state index in [4.69, 9.17) is 5.11 Å². The molecule has 21 heavy (non-hydrogen) atoms. The molecular weight excluding hydrogens is 296 g/mol. The standard InChI is InChI=1S/C12H10F4N2O3/c13-7-3-6(12(14,15)16)4-8(5-7)17-9(19)11(1-2-11)18-10(20)21/h3-5,18H,1-2H2,(H,17,19)(H,20,21). The van der Waals surface area contributed by atoms with Gasteiger partial charge in [0.2, 0.25) is 5.91 Å². The summed E-state index contributed by atoms with van der Waals surface area (Å²) in [6.07, 6.45) is -5.71. The maximum absolute atomic E-state index is 13.2. The van der Waals surface area contributed by atoms with E-state index in [0.29, 0.717) is 12.1 Å². The third-order valence-electron chi connectivity index (χ3n) is 3.01. The molecule has 0 unspecified atom stereocenters. The van der Waals surface area contributed by atoms with E-state index in [-0.39, 0.29) is 18.5 Å². The van der Waals surface area contributed by atoms with Crippen molar-refractivity contribution in [2.24, 2.45) is 0 Å². The van der Waals surface area contributed by atoms with Crippen LogP contribution in [0.15, 0.2) is 18.2 Å². The summed E-state index contributed by atoms with van der Waals surface area (Å²) in [7, 11) is 0. The zero-order valence-electron chi connectivity index (χ0n) is 10.4. The molecule has 1 aromatic rings. The maximum atomic E-state index is 13.2. The lowest BCUT2D eigenvalue weighted by molar-refractivity contribution is -0.137. The molecule has 1 aliphatic rings. The predicted molar refractivity (Wildman–Crippen MR) is 63.2 cm³/mol. The van der Waals surface area contributed by atoms with E-state index in [1.54, 1.807) is 0 Å². The summed E-state index contributed by atoms with van der Waals surface area (Å²) in [4.78, 5) is 22.4. The van der Waals surface area contributed by atoms with Gasteiger partial charge in [-0.1, -0.05) is 0 Å². The monoisotopic (exact) mass is 306 g/mol. The Morgan fingerprint density at radius 3 is 2.29 bits per heavy atom. The molecule has 0 heterocycles. The summed E-state index contributed by atoms with van der Waals surface area (Å²) in [5.74, 6) is -1.97. The highest BCUT2D eigenvalue weighted by molar-refractivity contribution is 6.02. The van der Waals surface area contributed by atoms with Crippen LogP contribution in [0, 0.1) is 5.82 Å². The first-order valence-electron chi connectivity index (χ1n) is 5.83. The number of alkyl halides is 3. The Bertz CT molecular complexity index is 597. The Labute approximate surface area is 115 Å². The highest BCUT2D eigenvalue weighted by atomic mass is 19.4. The zero-order valence-corrected chi connectivity index (χ0v) is 10.4. The molecule has 0 aliphatic heterocycles. The molecule has 114 valence electrons. The van der Waals surface area contributed by atoms with Crippen LogP contribution in [0.1, 0.15) is 18.4 Å². The molecule has 0 spiro atoms. The van der Waals surface area contributed by atoms with Crippen LogP contribution in [-0.4, -0.2) is 22.6 Å². The molecule has 1 aliphatic carbocycles. The quantitative estimate of drug-likeness (QED) is 0.751. The number of nitrogens with one attached hydrogen (secondary N) is 2. The lowest BCUT2D eigenvalue weighted by atomic mass is 10.1. The number of hydrogen-bond acceptors (Lipinski definition) is 2. The van der Waals surface area contributed by atoms with Crippen molar-refractivity contribution in [2.75, 3.05) is 5.32 Å². The van der Waals surface area contributed by atoms with E-state index >= 15 is 0 Å². The fraction of sp³-hybridized carbons (Fsp3) is 0.333. The highest BCUT2D eigenvalue weighted by Crippen LogP contribution is 2.37.